The summed E-state index contributed by atoms with van der Waals surface area (Å²) in [6.07, 6.45) is 1.62. The maximum atomic E-state index is 12.6. The normalized spacial score (nSPS) is 12.8. The SMILES string of the molecule is CC(=O)Nc1ccc(NC(=O)[C@@H](C)N[C@@H](c2ccccc2)c2ccco2)cc1. The maximum Gasteiger partial charge on any atom is 0.241 e. The van der Waals surface area contributed by atoms with Crippen LogP contribution in [0.2, 0.25) is 0 Å². The second-order valence-corrected chi connectivity index (χ2v) is 6.50. The van der Waals surface area contributed by atoms with Crippen molar-refractivity contribution in [3.63, 3.8) is 0 Å². The van der Waals surface area contributed by atoms with Crippen LogP contribution in [-0.4, -0.2) is 17.9 Å². The van der Waals surface area contributed by atoms with Crippen LogP contribution >= 0.6 is 0 Å². The zero-order valence-electron chi connectivity index (χ0n) is 15.8. The fourth-order valence-electron chi connectivity index (χ4n) is 2.86. The Balaban J connectivity index is 1.67. The molecule has 0 aliphatic rings. The molecule has 0 saturated heterocycles. The molecule has 0 fully saturated rings. The van der Waals surface area contributed by atoms with Gasteiger partial charge in [-0.05, 0) is 48.9 Å². The van der Waals surface area contributed by atoms with Crippen LogP contribution in [0.15, 0.2) is 77.4 Å². The quantitative estimate of drug-likeness (QED) is 0.582. The van der Waals surface area contributed by atoms with Crippen LogP contribution in [0.5, 0.6) is 0 Å². The third-order valence-corrected chi connectivity index (χ3v) is 4.24. The minimum absolute atomic E-state index is 0.139. The van der Waals surface area contributed by atoms with Crippen molar-refractivity contribution in [3.8, 4) is 0 Å². The summed E-state index contributed by atoms with van der Waals surface area (Å²) in [7, 11) is 0. The third-order valence-electron chi connectivity index (χ3n) is 4.24. The second kappa shape index (κ2) is 9.01. The largest absolute Gasteiger partial charge is 0.467 e. The lowest BCUT2D eigenvalue weighted by atomic mass is 10.0. The van der Waals surface area contributed by atoms with Crippen LogP contribution in [0.1, 0.15) is 31.2 Å². The average molecular weight is 377 g/mol. The van der Waals surface area contributed by atoms with E-state index in [0.29, 0.717) is 11.4 Å². The van der Waals surface area contributed by atoms with Crippen LogP contribution < -0.4 is 16.0 Å². The molecule has 0 saturated carbocycles. The van der Waals surface area contributed by atoms with Crippen molar-refractivity contribution in [1.82, 2.24) is 5.32 Å². The minimum atomic E-state index is -0.467. The Morgan fingerprint density at radius 2 is 1.50 bits per heavy atom. The van der Waals surface area contributed by atoms with Gasteiger partial charge in [-0.1, -0.05) is 30.3 Å². The van der Waals surface area contributed by atoms with Crippen molar-refractivity contribution in [2.24, 2.45) is 0 Å². The molecule has 144 valence electrons. The molecule has 3 aromatic rings. The number of nitrogens with one attached hydrogen (secondary N) is 3. The van der Waals surface area contributed by atoms with Gasteiger partial charge in [0.15, 0.2) is 0 Å². The summed E-state index contributed by atoms with van der Waals surface area (Å²) in [5, 5.41) is 8.90. The van der Waals surface area contributed by atoms with Crippen molar-refractivity contribution >= 4 is 23.2 Å². The summed E-state index contributed by atoms with van der Waals surface area (Å²) in [6, 6.07) is 19.8. The number of carbonyl (C=O) groups is 2. The van der Waals surface area contributed by atoms with Crippen molar-refractivity contribution in [2.75, 3.05) is 10.6 Å². The number of benzene rings is 2. The molecular weight excluding hydrogens is 354 g/mol. The Morgan fingerprint density at radius 1 is 0.857 bits per heavy atom. The molecule has 0 spiro atoms. The van der Waals surface area contributed by atoms with E-state index < -0.39 is 6.04 Å². The van der Waals surface area contributed by atoms with Crippen LogP contribution in [0.25, 0.3) is 0 Å². The van der Waals surface area contributed by atoms with Crippen molar-refractivity contribution < 1.29 is 14.0 Å². The average Bonchev–Trinajstić information content (AvgIpc) is 3.22. The molecule has 0 aliphatic heterocycles. The fourth-order valence-corrected chi connectivity index (χ4v) is 2.86. The number of hydrogen-bond acceptors (Lipinski definition) is 4. The van der Waals surface area contributed by atoms with Gasteiger partial charge in [0.05, 0.1) is 18.3 Å². The summed E-state index contributed by atoms with van der Waals surface area (Å²) in [4.78, 5) is 23.7. The van der Waals surface area contributed by atoms with Crippen LogP contribution in [0, 0.1) is 0 Å². The fraction of sp³-hybridized carbons (Fsp3) is 0.182. The Morgan fingerprint density at radius 3 is 2.07 bits per heavy atom. The zero-order valence-corrected chi connectivity index (χ0v) is 15.8. The lowest BCUT2D eigenvalue weighted by Crippen LogP contribution is -2.40. The van der Waals surface area contributed by atoms with Gasteiger partial charge in [-0.3, -0.25) is 14.9 Å². The first-order chi connectivity index (χ1) is 13.5. The van der Waals surface area contributed by atoms with Gasteiger partial charge >= 0.3 is 0 Å². The molecule has 1 heterocycles. The van der Waals surface area contributed by atoms with Gasteiger partial charge in [0.2, 0.25) is 11.8 Å². The van der Waals surface area contributed by atoms with E-state index in [1.54, 1.807) is 37.5 Å². The summed E-state index contributed by atoms with van der Waals surface area (Å²) in [5.41, 5.74) is 2.34. The third kappa shape index (κ3) is 5.08. The molecule has 28 heavy (non-hydrogen) atoms. The Labute approximate surface area is 164 Å². The van der Waals surface area contributed by atoms with Crippen molar-refractivity contribution in [3.05, 3.63) is 84.3 Å². The number of anilines is 2. The molecule has 6 heteroatoms. The molecule has 2 aromatic carbocycles. The molecule has 0 bridgehead atoms. The molecule has 0 unspecified atom stereocenters. The van der Waals surface area contributed by atoms with Gasteiger partial charge in [-0.15, -0.1) is 0 Å². The summed E-state index contributed by atoms with van der Waals surface area (Å²) in [5.74, 6) is 0.435. The van der Waals surface area contributed by atoms with Gasteiger partial charge in [-0.2, -0.15) is 0 Å². The second-order valence-electron chi connectivity index (χ2n) is 6.50. The Hall–Kier alpha value is -3.38. The van der Waals surface area contributed by atoms with Gasteiger partial charge in [0.25, 0.3) is 0 Å². The molecular formula is C22H23N3O3. The standard InChI is InChI=1S/C22H23N3O3/c1-15(22(27)25-19-12-10-18(11-13-19)24-16(2)26)23-21(20-9-6-14-28-20)17-7-4-3-5-8-17/h3-15,21,23H,1-2H3,(H,24,26)(H,25,27)/t15-,21+/m1/s1. The first kappa shape index (κ1) is 19.4. The Kier molecular flexibility index (Phi) is 6.24. The van der Waals surface area contributed by atoms with E-state index in [-0.39, 0.29) is 17.9 Å². The van der Waals surface area contributed by atoms with Crippen molar-refractivity contribution in [2.45, 2.75) is 25.9 Å². The monoisotopic (exact) mass is 377 g/mol. The van der Waals surface area contributed by atoms with Gasteiger partial charge < -0.3 is 15.1 Å². The van der Waals surface area contributed by atoms with Crippen LogP contribution in [-0.2, 0) is 9.59 Å². The van der Waals surface area contributed by atoms with Gasteiger partial charge in [0.1, 0.15) is 5.76 Å². The lowest BCUT2D eigenvalue weighted by Gasteiger charge is -2.22. The Bertz CT molecular complexity index is 906. The lowest BCUT2D eigenvalue weighted by molar-refractivity contribution is -0.118. The number of rotatable bonds is 7. The van der Waals surface area contributed by atoms with E-state index in [2.05, 4.69) is 16.0 Å². The van der Waals surface area contributed by atoms with E-state index in [9.17, 15) is 9.59 Å². The molecule has 0 aliphatic carbocycles. The zero-order chi connectivity index (χ0) is 19.9. The summed E-state index contributed by atoms with van der Waals surface area (Å²) < 4.78 is 5.57. The predicted octanol–water partition coefficient (Wildman–Crippen LogP) is 3.94. The first-order valence-corrected chi connectivity index (χ1v) is 9.06. The number of carbonyl (C=O) groups excluding carboxylic acids is 2. The van der Waals surface area contributed by atoms with Crippen LogP contribution in [0.3, 0.4) is 0 Å². The van der Waals surface area contributed by atoms with E-state index >= 15 is 0 Å². The van der Waals surface area contributed by atoms with Gasteiger partial charge in [-0.25, -0.2) is 0 Å². The minimum Gasteiger partial charge on any atom is -0.467 e. The van der Waals surface area contributed by atoms with Gasteiger partial charge in [0, 0.05) is 18.3 Å². The van der Waals surface area contributed by atoms with Crippen molar-refractivity contribution in [1.29, 1.82) is 0 Å². The summed E-state index contributed by atoms with van der Waals surface area (Å²) >= 11 is 0. The number of hydrogen-bond donors (Lipinski definition) is 3. The topological polar surface area (TPSA) is 83.4 Å². The number of amides is 2. The molecule has 2 amide bonds. The van der Waals surface area contributed by atoms with E-state index in [1.807, 2.05) is 42.5 Å². The van der Waals surface area contributed by atoms with E-state index in [1.165, 1.54) is 6.92 Å². The number of furan rings is 1. The molecule has 3 N–H and O–H groups in total. The first-order valence-electron chi connectivity index (χ1n) is 9.06. The molecule has 1 aromatic heterocycles. The highest BCUT2D eigenvalue weighted by Gasteiger charge is 2.22. The van der Waals surface area contributed by atoms with E-state index in [0.717, 1.165) is 11.3 Å². The highest BCUT2D eigenvalue weighted by Crippen LogP contribution is 2.23. The summed E-state index contributed by atoms with van der Waals surface area (Å²) in [6.45, 7) is 3.26. The van der Waals surface area contributed by atoms with E-state index in [4.69, 9.17) is 4.42 Å². The maximum absolute atomic E-state index is 12.6. The molecule has 0 radical (unpaired) electrons. The molecule has 2 atom stereocenters. The predicted molar refractivity (Wildman–Crippen MR) is 109 cm³/mol. The highest BCUT2D eigenvalue weighted by atomic mass is 16.3. The molecule has 6 nitrogen and oxygen atoms in total. The highest BCUT2D eigenvalue weighted by molar-refractivity contribution is 5.95. The molecule has 3 rings (SSSR count). The van der Waals surface area contributed by atoms with Crippen LogP contribution in [0.4, 0.5) is 11.4 Å². The smallest absolute Gasteiger partial charge is 0.241 e.